The molecule has 7 nitrogen and oxygen atoms in total. The molecule has 3 heterocycles. The molecule has 1 saturated heterocycles. The van der Waals surface area contributed by atoms with E-state index in [0.29, 0.717) is 29.7 Å². The highest BCUT2D eigenvalue weighted by Crippen LogP contribution is 2.25. The molecule has 0 radical (unpaired) electrons. The lowest BCUT2D eigenvalue weighted by Gasteiger charge is -2.18. The fraction of sp³-hybridized carbons (Fsp3) is 0.333. The SMILES string of the molecule is COc1cnc(OC2CCN(c3ncc(Br)cc3C#N)C2)nc1. The molecule has 0 aromatic carbocycles. The Morgan fingerprint density at radius 3 is 2.78 bits per heavy atom. The van der Waals surface area contributed by atoms with E-state index in [-0.39, 0.29) is 6.10 Å². The number of anilines is 1. The Labute approximate surface area is 142 Å². The highest BCUT2D eigenvalue weighted by molar-refractivity contribution is 9.10. The molecule has 1 aliphatic heterocycles. The maximum atomic E-state index is 9.25. The summed E-state index contributed by atoms with van der Waals surface area (Å²) in [5, 5.41) is 9.25. The number of aromatic nitrogens is 3. The van der Waals surface area contributed by atoms with Gasteiger partial charge in [0.25, 0.3) is 0 Å². The molecule has 8 heteroatoms. The third kappa shape index (κ3) is 3.51. The molecule has 0 saturated carbocycles. The predicted octanol–water partition coefficient (Wildman–Crippen LogP) is 2.17. The van der Waals surface area contributed by atoms with Crippen LogP contribution in [0.4, 0.5) is 5.82 Å². The van der Waals surface area contributed by atoms with Gasteiger partial charge in [-0.2, -0.15) is 15.2 Å². The van der Waals surface area contributed by atoms with Crippen molar-refractivity contribution in [1.29, 1.82) is 5.26 Å². The molecular weight excluding hydrogens is 362 g/mol. The van der Waals surface area contributed by atoms with E-state index < -0.39 is 0 Å². The van der Waals surface area contributed by atoms with Gasteiger partial charge in [0.05, 0.1) is 31.6 Å². The molecule has 0 bridgehead atoms. The summed E-state index contributed by atoms with van der Waals surface area (Å²) in [5.74, 6) is 1.26. The fourth-order valence-electron chi connectivity index (χ4n) is 2.40. The molecule has 1 atom stereocenters. The van der Waals surface area contributed by atoms with E-state index in [2.05, 4.69) is 37.0 Å². The highest BCUT2D eigenvalue weighted by atomic mass is 79.9. The first kappa shape index (κ1) is 15.5. The summed E-state index contributed by atoms with van der Waals surface area (Å²) >= 11 is 3.33. The number of nitrogens with zero attached hydrogens (tertiary/aromatic N) is 5. The van der Waals surface area contributed by atoms with Gasteiger partial charge in [-0.1, -0.05) is 0 Å². The second-order valence-corrected chi connectivity index (χ2v) is 5.93. The smallest absolute Gasteiger partial charge is 0.316 e. The van der Waals surface area contributed by atoms with Gasteiger partial charge in [0, 0.05) is 23.6 Å². The molecule has 0 N–H and O–H groups in total. The third-order valence-electron chi connectivity index (χ3n) is 3.51. The van der Waals surface area contributed by atoms with Gasteiger partial charge in [-0.05, 0) is 22.0 Å². The summed E-state index contributed by atoms with van der Waals surface area (Å²) in [6.07, 6.45) is 5.60. The van der Waals surface area contributed by atoms with Crippen molar-refractivity contribution in [3.05, 3.63) is 34.7 Å². The quantitative estimate of drug-likeness (QED) is 0.809. The van der Waals surface area contributed by atoms with Gasteiger partial charge in [-0.25, -0.2) is 4.98 Å². The van der Waals surface area contributed by atoms with Crippen molar-refractivity contribution in [2.24, 2.45) is 0 Å². The van der Waals surface area contributed by atoms with E-state index in [1.165, 1.54) is 0 Å². The van der Waals surface area contributed by atoms with Crippen LogP contribution in [0.15, 0.2) is 29.1 Å². The van der Waals surface area contributed by atoms with Gasteiger partial charge < -0.3 is 14.4 Å². The first-order valence-corrected chi connectivity index (χ1v) is 7.82. The van der Waals surface area contributed by atoms with Crippen LogP contribution in [0, 0.1) is 11.3 Å². The van der Waals surface area contributed by atoms with E-state index in [9.17, 15) is 5.26 Å². The Morgan fingerprint density at radius 1 is 1.30 bits per heavy atom. The van der Waals surface area contributed by atoms with Crippen molar-refractivity contribution < 1.29 is 9.47 Å². The Bertz CT molecular complexity index is 732. The van der Waals surface area contributed by atoms with Crippen molar-refractivity contribution in [1.82, 2.24) is 15.0 Å². The summed E-state index contributed by atoms with van der Waals surface area (Å²) in [6.45, 7) is 1.41. The zero-order valence-corrected chi connectivity index (χ0v) is 14.0. The monoisotopic (exact) mass is 375 g/mol. The van der Waals surface area contributed by atoms with Crippen LogP contribution in [-0.4, -0.2) is 41.3 Å². The van der Waals surface area contributed by atoms with Crippen molar-refractivity contribution in [3.63, 3.8) is 0 Å². The molecule has 23 heavy (non-hydrogen) atoms. The summed E-state index contributed by atoms with van der Waals surface area (Å²) in [4.78, 5) is 14.6. The molecule has 1 aliphatic rings. The average Bonchev–Trinajstić information content (AvgIpc) is 3.03. The number of pyridine rings is 1. The van der Waals surface area contributed by atoms with Crippen LogP contribution in [0.2, 0.25) is 0 Å². The largest absolute Gasteiger partial charge is 0.494 e. The summed E-state index contributed by atoms with van der Waals surface area (Å²) in [5.41, 5.74) is 0.542. The molecule has 0 amide bonds. The second kappa shape index (κ2) is 6.79. The zero-order valence-electron chi connectivity index (χ0n) is 12.4. The topological polar surface area (TPSA) is 84.2 Å². The molecule has 2 aromatic rings. The van der Waals surface area contributed by atoms with Gasteiger partial charge in [0.15, 0.2) is 5.75 Å². The zero-order chi connectivity index (χ0) is 16.2. The Balaban J connectivity index is 1.67. The summed E-state index contributed by atoms with van der Waals surface area (Å²) in [7, 11) is 1.56. The van der Waals surface area contributed by atoms with Gasteiger partial charge in [-0.3, -0.25) is 0 Å². The number of rotatable bonds is 4. The van der Waals surface area contributed by atoms with Crippen molar-refractivity contribution in [2.45, 2.75) is 12.5 Å². The van der Waals surface area contributed by atoms with Crippen LogP contribution < -0.4 is 14.4 Å². The van der Waals surface area contributed by atoms with Gasteiger partial charge in [-0.15, -0.1) is 0 Å². The van der Waals surface area contributed by atoms with Crippen LogP contribution in [0.3, 0.4) is 0 Å². The van der Waals surface area contributed by atoms with E-state index in [4.69, 9.17) is 9.47 Å². The highest BCUT2D eigenvalue weighted by Gasteiger charge is 2.27. The number of hydrogen-bond donors (Lipinski definition) is 0. The average molecular weight is 376 g/mol. The Hall–Kier alpha value is -2.40. The van der Waals surface area contributed by atoms with Crippen LogP contribution >= 0.6 is 15.9 Å². The normalized spacial score (nSPS) is 16.9. The van der Waals surface area contributed by atoms with Crippen LogP contribution in [0.5, 0.6) is 11.8 Å². The number of hydrogen-bond acceptors (Lipinski definition) is 7. The molecule has 118 valence electrons. The van der Waals surface area contributed by atoms with Crippen molar-refractivity contribution >= 4 is 21.7 Å². The lowest BCUT2D eigenvalue weighted by atomic mass is 10.2. The Morgan fingerprint density at radius 2 is 2.09 bits per heavy atom. The van der Waals surface area contributed by atoms with Crippen LogP contribution in [-0.2, 0) is 0 Å². The van der Waals surface area contributed by atoms with E-state index in [1.807, 2.05) is 4.90 Å². The predicted molar refractivity (Wildman–Crippen MR) is 86.5 cm³/mol. The minimum atomic E-state index is -0.0413. The second-order valence-electron chi connectivity index (χ2n) is 5.02. The van der Waals surface area contributed by atoms with Gasteiger partial charge in [0.2, 0.25) is 0 Å². The number of halogens is 1. The third-order valence-corrected chi connectivity index (χ3v) is 3.94. The van der Waals surface area contributed by atoms with E-state index in [0.717, 1.165) is 17.4 Å². The molecular formula is C15H14BrN5O2. The molecule has 1 unspecified atom stereocenters. The minimum absolute atomic E-state index is 0.0413. The van der Waals surface area contributed by atoms with E-state index in [1.54, 1.807) is 31.8 Å². The van der Waals surface area contributed by atoms with Crippen LogP contribution in [0.1, 0.15) is 12.0 Å². The Kier molecular flexibility index (Phi) is 4.57. The lowest BCUT2D eigenvalue weighted by molar-refractivity contribution is 0.205. The van der Waals surface area contributed by atoms with Crippen molar-refractivity contribution in [3.8, 4) is 17.8 Å². The van der Waals surface area contributed by atoms with Gasteiger partial charge >= 0.3 is 6.01 Å². The van der Waals surface area contributed by atoms with Crippen LogP contribution in [0.25, 0.3) is 0 Å². The molecule has 0 spiro atoms. The molecule has 0 aliphatic carbocycles. The van der Waals surface area contributed by atoms with E-state index >= 15 is 0 Å². The standard InChI is InChI=1S/C15H14BrN5O2/c1-22-13-7-19-15(20-8-13)23-12-2-3-21(9-12)14-10(5-17)4-11(16)6-18-14/h4,6-8,12H,2-3,9H2,1H3. The fourth-order valence-corrected chi connectivity index (χ4v) is 2.73. The minimum Gasteiger partial charge on any atom is -0.494 e. The van der Waals surface area contributed by atoms with Crippen molar-refractivity contribution in [2.75, 3.05) is 25.1 Å². The molecule has 3 rings (SSSR count). The molecule has 1 fully saturated rings. The first-order chi connectivity index (χ1) is 11.2. The lowest BCUT2D eigenvalue weighted by Crippen LogP contribution is -2.26. The summed E-state index contributed by atoms with van der Waals surface area (Å²) in [6, 6.07) is 4.27. The maximum absolute atomic E-state index is 9.25. The molecule has 2 aromatic heterocycles. The number of nitriles is 1. The number of ether oxygens (including phenoxy) is 2. The number of methoxy groups -OCH3 is 1. The van der Waals surface area contributed by atoms with Gasteiger partial charge in [0.1, 0.15) is 18.0 Å². The maximum Gasteiger partial charge on any atom is 0.316 e. The summed E-state index contributed by atoms with van der Waals surface area (Å²) < 4.78 is 11.6. The first-order valence-electron chi connectivity index (χ1n) is 7.03.